The van der Waals surface area contributed by atoms with Gasteiger partial charge in [-0.1, -0.05) is 24.3 Å². The van der Waals surface area contributed by atoms with Crippen molar-refractivity contribution in [1.82, 2.24) is 15.1 Å². The minimum atomic E-state index is -0.134. The zero-order valence-electron chi connectivity index (χ0n) is 17.2. The number of guanidine groups is 1. The molecule has 1 aromatic rings. The van der Waals surface area contributed by atoms with Crippen LogP contribution in [-0.4, -0.2) is 60.9 Å². The number of fused-ring (bicyclic) bond motifs is 1. The van der Waals surface area contributed by atoms with Crippen LogP contribution in [0.5, 0.6) is 0 Å². The Bertz CT molecular complexity index is 667. The van der Waals surface area contributed by atoms with Crippen molar-refractivity contribution < 1.29 is 4.79 Å². The van der Waals surface area contributed by atoms with Gasteiger partial charge in [0.25, 0.3) is 0 Å². The molecule has 6 heteroatoms. The van der Waals surface area contributed by atoms with Crippen LogP contribution >= 0.6 is 0 Å². The first kappa shape index (κ1) is 20.6. The molecule has 1 amide bonds. The SMILES string of the molecule is CCNC(=NCCCCN1CCC(C(N)=O)CC1)N1CCc2ccccc2C1. The fraction of sp³-hybridized carbons (Fsp3) is 0.636. The normalized spacial score (nSPS) is 18.8. The summed E-state index contributed by atoms with van der Waals surface area (Å²) in [4.78, 5) is 21.0. The van der Waals surface area contributed by atoms with Crippen LogP contribution in [0.15, 0.2) is 29.3 Å². The van der Waals surface area contributed by atoms with E-state index in [-0.39, 0.29) is 11.8 Å². The molecule has 2 heterocycles. The van der Waals surface area contributed by atoms with E-state index in [1.165, 1.54) is 11.1 Å². The molecule has 28 heavy (non-hydrogen) atoms. The highest BCUT2D eigenvalue weighted by molar-refractivity contribution is 5.80. The summed E-state index contributed by atoms with van der Waals surface area (Å²) >= 11 is 0. The number of nitrogens with zero attached hydrogens (tertiary/aromatic N) is 3. The summed E-state index contributed by atoms with van der Waals surface area (Å²) in [7, 11) is 0. The second-order valence-electron chi connectivity index (χ2n) is 7.90. The fourth-order valence-corrected chi connectivity index (χ4v) is 4.18. The maximum absolute atomic E-state index is 11.3. The van der Waals surface area contributed by atoms with Gasteiger partial charge in [-0.25, -0.2) is 0 Å². The van der Waals surface area contributed by atoms with E-state index in [4.69, 9.17) is 10.7 Å². The van der Waals surface area contributed by atoms with Gasteiger partial charge in [0.2, 0.25) is 5.91 Å². The third-order valence-electron chi connectivity index (χ3n) is 5.90. The number of benzene rings is 1. The van der Waals surface area contributed by atoms with E-state index in [1.807, 2.05) is 0 Å². The number of rotatable bonds is 7. The minimum Gasteiger partial charge on any atom is -0.369 e. The molecule has 154 valence electrons. The van der Waals surface area contributed by atoms with Crippen molar-refractivity contribution in [2.45, 2.75) is 45.6 Å². The summed E-state index contributed by atoms with van der Waals surface area (Å²) in [5.74, 6) is 0.989. The van der Waals surface area contributed by atoms with Crippen LogP contribution in [0, 0.1) is 5.92 Å². The molecule has 6 nitrogen and oxygen atoms in total. The Labute approximate surface area is 169 Å². The maximum Gasteiger partial charge on any atom is 0.220 e. The van der Waals surface area contributed by atoms with E-state index in [0.717, 1.165) is 83.9 Å². The van der Waals surface area contributed by atoms with Crippen molar-refractivity contribution in [2.75, 3.05) is 39.3 Å². The van der Waals surface area contributed by atoms with Crippen molar-refractivity contribution in [3.63, 3.8) is 0 Å². The molecule has 1 saturated heterocycles. The van der Waals surface area contributed by atoms with Crippen molar-refractivity contribution in [3.05, 3.63) is 35.4 Å². The molecule has 0 atom stereocenters. The Hall–Kier alpha value is -2.08. The van der Waals surface area contributed by atoms with Gasteiger partial charge in [-0.2, -0.15) is 0 Å². The highest BCUT2D eigenvalue weighted by Gasteiger charge is 2.22. The predicted molar refractivity (Wildman–Crippen MR) is 114 cm³/mol. The van der Waals surface area contributed by atoms with E-state index >= 15 is 0 Å². The number of carbonyl (C=O) groups is 1. The lowest BCUT2D eigenvalue weighted by Gasteiger charge is -2.32. The number of amides is 1. The summed E-state index contributed by atoms with van der Waals surface area (Å²) in [5, 5.41) is 3.46. The van der Waals surface area contributed by atoms with E-state index in [0.29, 0.717) is 0 Å². The lowest BCUT2D eigenvalue weighted by Crippen LogP contribution is -2.44. The van der Waals surface area contributed by atoms with Crippen LogP contribution in [0.3, 0.4) is 0 Å². The molecule has 2 aliphatic rings. The molecular formula is C22H35N5O. The zero-order chi connectivity index (χ0) is 19.8. The van der Waals surface area contributed by atoms with E-state index in [1.54, 1.807) is 0 Å². The molecule has 0 saturated carbocycles. The number of hydrogen-bond donors (Lipinski definition) is 2. The number of nitrogens with one attached hydrogen (secondary N) is 1. The zero-order valence-corrected chi connectivity index (χ0v) is 17.2. The standard InChI is InChI=1S/C22H35N5O/c1-2-24-22(27-16-11-18-7-3-4-8-20(18)17-27)25-12-5-6-13-26-14-9-19(10-15-26)21(23)28/h3-4,7-8,19H,2,5-6,9-17H2,1H3,(H2,23,28)(H,24,25). The quantitative estimate of drug-likeness (QED) is 0.428. The van der Waals surface area contributed by atoms with Gasteiger partial charge >= 0.3 is 0 Å². The summed E-state index contributed by atoms with van der Waals surface area (Å²) in [6.45, 7) is 8.93. The summed E-state index contributed by atoms with van der Waals surface area (Å²) < 4.78 is 0. The molecule has 0 unspecified atom stereocenters. The highest BCUT2D eigenvalue weighted by atomic mass is 16.1. The molecule has 0 aliphatic carbocycles. The van der Waals surface area contributed by atoms with Crippen LogP contribution in [0.1, 0.15) is 43.7 Å². The first-order chi connectivity index (χ1) is 13.7. The molecule has 0 aromatic heterocycles. The van der Waals surface area contributed by atoms with Crippen LogP contribution in [0.4, 0.5) is 0 Å². The minimum absolute atomic E-state index is 0.0817. The van der Waals surface area contributed by atoms with Crippen LogP contribution in [-0.2, 0) is 17.8 Å². The number of nitrogens with two attached hydrogens (primary N) is 1. The number of piperidine rings is 1. The largest absolute Gasteiger partial charge is 0.369 e. The van der Waals surface area contributed by atoms with Gasteiger partial charge < -0.3 is 20.9 Å². The molecule has 3 N–H and O–H groups in total. The topological polar surface area (TPSA) is 74.0 Å². The van der Waals surface area contributed by atoms with E-state index in [9.17, 15) is 4.79 Å². The third-order valence-corrected chi connectivity index (χ3v) is 5.90. The van der Waals surface area contributed by atoms with Gasteiger partial charge in [0.1, 0.15) is 0 Å². The first-order valence-corrected chi connectivity index (χ1v) is 10.8. The number of hydrogen-bond acceptors (Lipinski definition) is 3. The van der Waals surface area contributed by atoms with Crippen molar-refractivity contribution in [1.29, 1.82) is 0 Å². The van der Waals surface area contributed by atoms with Crippen LogP contribution < -0.4 is 11.1 Å². The predicted octanol–water partition coefficient (Wildman–Crippen LogP) is 1.99. The van der Waals surface area contributed by atoms with Crippen molar-refractivity contribution >= 4 is 11.9 Å². The third kappa shape index (κ3) is 5.71. The summed E-state index contributed by atoms with van der Waals surface area (Å²) in [6, 6.07) is 8.72. The van der Waals surface area contributed by atoms with Crippen LogP contribution in [0.2, 0.25) is 0 Å². The van der Waals surface area contributed by atoms with Crippen LogP contribution in [0.25, 0.3) is 0 Å². The number of carbonyl (C=O) groups excluding carboxylic acids is 1. The molecule has 0 radical (unpaired) electrons. The molecule has 3 rings (SSSR count). The summed E-state index contributed by atoms with van der Waals surface area (Å²) in [5.41, 5.74) is 8.29. The molecule has 0 spiro atoms. The second-order valence-corrected chi connectivity index (χ2v) is 7.90. The van der Waals surface area contributed by atoms with Gasteiger partial charge in [-0.05, 0) is 69.8 Å². The van der Waals surface area contributed by atoms with Crippen molar-refractivity contribution in [2.24, 2.45) is 16.6 Å². The van der Waals surface area contributed by atoms with Gasteiger partial charge in [0.05, 0.1) is 0 Å². The van der Waals surface area contributed by atoms with Gasteiger partial charge in [0, 0.05) is 32.1 Å². The number of aliphatic imine (C=N–C) groups is 1. The number of primary amides is 1. The fourth-order valence-electron chi connectivity index (χ4n) is 4.18. The second kappa shape index (κ2) is 10.5. The molecule has 2 aliphatic heterocycles. The first-order valence-electron chi connectivity index (χ1n) is 10.8. The molecule has 0 bridgehead atoms. The van der Waals surface area contributed by atoms with Gasteiger partial charge in [0.15, 0.2) is 5.96 Å². The Kier molecular flexibility index (Phi) is 7.71. The Morgan fingerprint density at radius 1 is 1.18 bits per heavy atom. The lowest BCUT2D eigenvalue weighted by molar-refractivity contribution is -0.123. The van der Waals surface area contributed by atoms with Gasteiger partial charge in [-0.3, -0.25) is 9.79 Å². The molecule has 1 fully saturated rings. The monoisotopic (exact) mass is 385 g/mol. The Balaban J connectivity index is 1.41. The van der Waals surface area contributed by atoms with E-state index in [2.05, 4.69) is 46.3 Å². The maximum atomic E-state index is 11.3. The van der Waals surface area contributed by atoms with E-state index < -0.39 is 0 Å². The average molecular weight is 386 g/mol. The summed E-state index contributed by atoms with van der Waals surface area (Å²) in [6.07, 6.45) is 5.15. The van der Waals surface area contributed by atoms with Crippen molar-refractivity contribution in [3.8, 4) is 0 Å². The number of likely N-dealkylation sites (tertiary alicyclic amines) is 1. The Morgan fingerprint density at radius 3 is 2.64 bits per heavy atom. The highest BCUT2D eigenvalue weighted by Crippen LogP contribution is 2.19. The number of unbranched alkanes of at least 4 members (excludes halogenated alkanes) is 1. The lowest BCUT2D eigenvalue weighted by atomic mass is 9.96. The molecule has 1 aromatic carbocycles. The molecular weight excluding hydrogens is 350 g/mol. The average Bonchev–Trinajstić information content (AvgIpc) is 2.72. The van der Waals surface area contributed by atoms with Gasteiger partial charge in [-0.15, -0.1) is 0 Å². The Morgan fingerprint density at radius 2 is 1.93 bits per heavy atom. The smallest absolute Gasteiger partial charge is 0.220 e.